The fraction of sp³-hybridized carbons (Fsp3) is 0.714. The van der Waals surface area contributed by atoms with Crippen molar-refractivity contribution in [3.05, 3.63) is 4.77 Å². The van der Waals surface area contributed by atoms with Crippen LogP contribution in [0.25, 0.3) is 0 Å². The van der Waals surface area contributed by atoms with Crippen molar-refractivity contribution in [2.45, 2.75) is 25.5 Å². The zero-order chi connectivity index (χ0) is 9.26. The van der Waals surface area contributed by atoms with Gasteiger partial charge in [0.1, 0.15) is 0 Å². The molecule has 0 spiro atoms. The van der Waals surface area contributed by atoms with Gasteiger partial charge in [0, 0.05) is 6.61 Å². The molecular weight excluding hydrogens is 188 g/mol. The second-order valence-electron chi connectivity index (χ2n) is 3.13. The molecule has 6 heteroatoms. The van der Waals surface area contributed by atoms with E-state index in [2.05, 4.69) is 10.2 Å². The Balaban J connectivity index is 2.12. The molecule has 5 nitrogen and oxygen atoms in total. The van der Waals surface area contributed by atoms with Gasteiger partial charge in [0.25, 0.3) is 0 Å². The van der Waals surface area contributed by atoms with Crippen molar-refractivity contribution < 1.29 is 4.74 Å². The maximum Gasteiger partial charge on any atom is 0.220 e. The molecule has 1 fully saturated rings. The van der Waals surface area contributed by atoms with Gasteiger partial charge in [0.2, 0.25) is 5.95 Å². The molecule has 1 aromatic heterocycles. The largest absolute Gasteiger partial charge is 0.376 e. The van der Waals surface area contributed by atoms with E-state index in [1.54, 1.807) is 4.57 Å². The van der Waals surface area contributed by atoms with Crippen molar-refractivity contribution in [1.82, 2.24) is 14.8 Å². The van der Waals surface area contributed by atoms with E-state index in [0.717, 1.165) is 19.4 Å². The van der Waals surface area contributed by atoms with Crippen molar-refractivity contribution in [2.24, 2.45) is 0 Å². The van der Waals surface area contributed by atoms with E-state index in [-0.39, 0.29) is 6.10 Å². The Labute approximate surface area is 80.9 Å². The Morgan fingerprint density at radius 1 is 1.77 bits per heavy atom. The average molecular weight is 200 g/mol. The Morgan fingerprint density at radius 2 is 2.62 bits per heavy atom. The van der Waals surface area contributed by atoms with Gasteiger partial charge in [-0.05, 0) is 25.1 Å². The van der Waals surface area contributed by atoms with Gasteiger partial charge in [-0.15, -0.1) is 5.10 Å². The lowest BCUT2D eigenvalue weighted by molar-refractivity contribution is 0.0971. The number of nitrogens with two attached hydrogens (primary N) is 1. The second-order valence-corrected chi connectivity index (χ2v) is 3.52. The van der Waals surface area contributed by atoms with Crippen LogP contribution in [0.15, 0.2) is 0 Å². The molecule has 1 aliphatic rings. The van der Waals surface area contributed by atoms with E-state index in [1.807, 2.05) is 0 Å². The molecule has 13 heavy (non-hydrogen) atoms. The van der Waals surface area contributed by atoms with Gasteiger partial charge >= 0.3 is 0 Å². The number of nitrogens with one attached hydrogen (secondary N) is 1. The van der Waals surface area contributed by atoms with Crippen LogP contribution in [0, 0.1) is 4.77 Å². The van der Waals surface area contributed by atoms with Crippen molar-refractivity contribution >= 4 is 18.2 Å². The number of nitrogens with zero attached hydrogens (tertiary/aromatic N) is 2. The molecule has 3 N–H and O–H groups in total. The first-order valence-corrected chi connectivity index (χ1v) is 4.70. The summed E-state index contributed by atoms with van der Waals surface area (Å²) in [5, 5.41) is 6.47. The Bertz CT molecular complexity index is 339. The molecule has 1 aromatic rings. The summed E-state index contributed by atoms with van der Waals surface area (Å²) >= 11 is 5.02. The number of ether oxygens (including phenoxy) is 1. The number of nitrogen functional groups attached to an aromatic ring is 1. The Morgan fingerprint density at radius 3 is 3.15 bits per heavy atom. The van der Waals surface area contributed by atoms with Crippen molar-refractivity contribution in [3.63, 3.8) is 0 Å². The van der Waals surface area contributed by atoms with E-state index in [1.165, 1.54) is 0 Å². The Hall–Kier alpha value is -0.880. The van der Waals surface area contributed by atoms with Crippen LogP contribution in [0.1, 0.15) is 12.8 Å². The molecule has 72 valence electrons. The molecule has 2 heterocycles. The zero-order valence-corrected chi connectivity index (χ0v) is 8.01. The van der Waals surface area contributed by atoms with Gasteiger partial charge in [-0.2, -0.15) is 0 Å². The maximum absolute atomic E-state index is 5.62. The minimum atomic E-state index is 0.242. The van der Waals surface area contributed by atoms with E-state index < -0.39 is 0 Å². The highest BCUT2D eigenvalue weighted by Crippen LogP contribution is 2.15. The van der Waals surface area contributed by atoms with Crippen molar-refractivity contribution in [2.75, 3.05) is 12.3 Å². The molecule has 1 unspecified atom stereocenters. The number of anilines is 1. The summed E-state index contributed by atoms with van der Waals surface area (Å²) in [5.74, 6) is 0.431. The first-order valence-electron chi connectivity index (χ1n) is 4.29. The third-order valence-electron chi connectivity index (χ3n) is 2.20. The van der Waals surface area contributed by atoms with Gasteiger partial charge in [-0.3, -0.25) is 4.57 Å². The fourth-order valence-corrected chi connectivity index (χ4v) is 1.71. The summed E-state index contributed by atoms with van der Waals surface area (Å²) in [5.41, 5.74) is 5.62. The molecule has 0 bridgehead atoms. The highest BCUT2D eigenvalue weighted by molar-refractivity contribution is 7.71. The van der Waals surface area contributed by atoms with Crippen LogP contribution in [0.5, 0.6) is 0 Å². The predicted octanol–water partition coefficient (Wildman–Crippen LogP) is 0.702. The van der Waals surface area contributed by atoms with Crippen LogP contribution in [0.2, 0.25) is 0 Å². The minimum absolute atomic E-state index is 0.242. The first-order chi connectivity index (χ1) is 6.27. The molecule has 0 radical (unpaired) electrons. The molecule has 1 saturated heterocycles. The first kappa shape index (κ1) is 8.71. The smallest absolute Gasteiger partial charge is 0.220 e. The lowest BCUT2D eigenvalue weighted by Gasteiger charge is -2.09. The van der Waals surface area contributed by atoms with E-state index in [0.29, 0.717) is 17.3 Å². The number of aromatic amines is 1. The van der Waals surface area contributed by atoms with Crippen LogP contribution in [0.3, 0.4) is 0 Å². The fourth-order valence-electron chi connectivity index (χ4n) is 1.50. The Kier molecular flexibility index (Phi) is 2.32. The topological polar surface area (TPSA) is 68.9 Å². The number of aromatic nitrogens is 3. The third kappa shape index (κ3) is 1.73. The van der Waals surface area contributed by atoms with Crippen LogP contribution in [-0.2, 0) is 11.3 Å². The molecule has 1 atom stereocenters. The quantitative estimate of drug-likeness (QED) is 0.690. The lowest BCUT2D eigenvalue weighted by Crippen LogP contribution is -2.16. The number of H-pyrrole nitrogens is 1. The summed E-state index contributed by atoms with van der Waals surface area (Å²) in [6, 6.07) is 0. The molecule has 0 aliphatic carbocycles. The van der Waals surface area contributed by atoms with Crippen molar-refractivity contribution in [3.8, 4) is 0 Å². The van der Waals surface area contributed by atoms with E-state index in [4.69, 9.17) is 22.7 Å². The maximum atomic E-state index is 5.62. The summed E-state index contributed by atoms with van der Waals surface area (Å²) in [6.45, 7) is 1.55. The zero-order valence-electron chi connectivity index (χ0n) is 7.19. The molecule has 0 aromatic carbocycles. The van der Waals surface area contributed by atoms with Gasteiger partial charge < -0.3 is 10.5 Å². The van der Waals surface area contributed by atoms with Gasteiger partial charge in [-0.25, -0.2) is 5.10 Å². The summed E-state index contributed by atoms with van der Waals surface area (Å²) in [6.07, 6.45) is 2.44. The van der Waals surface area contributed by atoms with Gasteiger partial charge in [0.05, 0.1) is 12.6 Å². The number of hydrogen-bond donors (Lipinski definition) is 2. The van der Waals surface area contributed by atoms with Crippen LogP contribution in [0.4, 0.5) is 5.95 Å². The van der Waals surface area contributed by atoms with Gasteiger partial charge in [-0.1, -0.05) is 0 Å². The SMILES string of the molecule is Nc1n[nH]c(=S)n1CC1CCCO1. The number of rotatable bonds is 2. The standard InChI is InChI=1S/C7H12N4OS/c8-6-9-10-7(13)11(6)4-5-2-1-3-12-5/h5H,1-4H2,(H2,8,9)(H,10,13). The highest BCUT2D eigenvalue weighted by atomic mass is 32.1. The normalized spacial score (nSPS) is 22.3. The summed E-state index contributed by atoms with van der Waals surface area (Å²) in [7, 11) is 0. The highest BCUT2D eigenvalue weighted by Gasteiger charge is 2.17. The summed E-state index contributed by atoms with van der Waals surface area (Å²) in [4.78, 5) is 0. The van der Waals surface area contributed by atoms with Crippen LogP contribution < -0.4 is 5.73 Å². The van der Waals surface area contributed by atoms with E-state index >= 15 is 0 Å². The molecular formula is C7H12N4OS. The predicted molar refractivity (Wildman–Crippen MR) is 50.8 cm³/mol. The van der Waals surface area contributed by atoms with Crippen LogP contribution >= 0.6 is 12.2 Å². The lowest BCUT2D eigenvalue weighted by atomic mass is 10.2. The molecule has 2 rings (SSSR count). The van der Waals surface area contributed by atoms with Crippen LogP contribution in [-0.4, -0.2) is 27.5 Å². The minimum Gasteiger partial charge on any atom is -0.376 e. The van der Waals surface area contributed by atoms with Gasteiger partial charge in [0.15, 0.2) is 4.77 Å². The number of hydrogen-bond acceptors (Lipinski definition) is 4. The molecule has 1 aliphatic heterocycles. The average Bonchev–Trinajstić information content (AvgIpc) is 2.70. The third-order valence-corrected chi connectivity index (χ3v) is 2.51. The second kappa shape index (κ2) is 3.47. The monoisotopic (exact) mass is 200 g/mol. The molecule has 0 saturated carbocycles. The summed E-state index contributed by atoms with van der Waals surface area (Å²) < 4.78 is 7.80. The van der Waals surface area contributed by atoms with Crippen molar-refractivity contribution in [1.29, 1.82) is 0 Å². The molecule has 0 amide bonds. The van der Waals surface area contributed by atoms with E-state index in [9.17, 15) is 0 Å².